The van der Waals surface area contributed by atoms with Gasteiger partial charge in [-0.05, 0) is 28.1 Å². The van der Waals surface area contributed by atoms with Crippen molar-refractivity contribution in [1.29, 1.82) is 0 Å². The maximum Gasteiger partial charge on any atom is 0.125 e. The van der Waals surface area contributed by atoms with Crippen molar-refractivity contribution in [2.75, 3.05) is 6.61 Å². The summed E-state index contributed by atoms with van der Waals surface area (Å²) in [4.78, 5) is 0. The molecule has 1 aliphatic rings. The van der Waals surface area contributed by atoms with Crippen LogP contribution in [0.25, 0.3) is 0 Å². The Labute approximate surface area is 83.8 Å². The molecule has 1 heterocycles. The third-order valence-corrected chi connectivity index (χ3v) is 3.18. The standard InChI is InChI=1S/C8H7BrClNO/c9-4-1-2-6-7(8(4)10)5(11)3-12-6/h1-2,5H,3,11H2. The highest BCUT2D eigenvalue weighted by atomic mass is 79.9. The van der Waals surface area contributed by atoms with Crippen molar-refractivity contribution in [3.05, 3.63) is 27.2 Å². The summed E-state index contributed by atoms with van der Waals surface area (Å²) in [7, 11) is 0. The Kier molecular flexibility index (Phi) is 2.02. The fourth-order valence-corrected chi connectivity index (χ4v) is 1.92. The van der Waals surface area contributed by atoms with Gasteiger partial charge < -0.3 is 10.5 Å². The summed E-state index contributed by atoms with van der Waals surface area (Å²) in [5.41, 5.74) is 6.69. The number of halogens is 2. The molecule has 0 radical (unpaired) electrons. The molecule has 1 aromatic carbocycles. The van der Waals surface area contributed by atoms with Crippen molar-refractivity contribution in [1.82, 2.24) is 0 Å². The molecule has 2 rings (SSSR count). The average Bonchev–Trinajstić information content (AvgIpc) is 2.41. The molecule has 2 N–H and O–H groups in total. The molecule has 1 unspecified atom stereocenters. The highest BCUT2D eigenvalue weighted by Gasteiger charge is 2.24. The molecule has 0 bridgehead atoms. The SMILES string of the molecule is NC1COc2ccc(Br)c(Cl)c21. The summed E-state index contributed by atoms with van der Waals surface area (Å²) in [6.07, 6.45) is 0. The van der Waals surface area contributed by atoms with E-state index >= 15 is 0 Å². The van der Waals surface area contributed by atoms with E-state index in [1.165, 1.54) is 0 Å². The minimum atomic E-state index is -0.0926. The Morgan fingerprint density at radius 1 is 1.58 bits per heavy atom. The Morgan fingerprint density at radius 3 is 3.08 bits per heavy atom. The van der Waals surface area contributed by atoms with E-state index < -0.39 is 0 Å². The number of hydrogen-bond donors (Lipinski definition) is 1. The molecule has 1 atom stereocenters. The predicted octanol–water partition coefficient (Wildman–Crippen LogP) is 2.49. The van der Waals surface area contributed by atoms with Gasteiger partial charge in [0.25, 0.3) is 0 Å². The number of benzene rings is 1. The van der Waals surface area contributed by atoms with Gasteiger partial charge in [-0.1, -0.05) is 11.6 Å². The fourth-order valence-electron chi connectivity index (χ4n) is 1.28. The maximum atomic E-state index is 6.03. The van der Waals surface area contributed by atoms with E-state index in [4.69, 9.17) is 22.1 Å². The fraction of sp³-hybridized carbons (Fsp3) is 0.250. The largest absolute Gasteiger partial charge is 0.491 e. The lowest BCUT2D eigenvalue weighted by Crippen LogP contribution is -2.11. The lowest BCUT2D eigenvalue weighted by Gasteiger charge is -2.04. The monoisotopic (exact) mass is 247 g/mol. The van der Waals surface area contributed by atoms with Crippen LogP contribution in [0.3, 0.4) is 0 Å². The van der Waals surface area contributed by atoms with Gasteiger partial charge in [-0.25, -0.2) is 0 Å². The van der Waals surface area contributed by atoms with Crippen LogP contribution in [-0.4, -0.2) is 6.61 Å². The van der Waals surface area contributed by atoms with Gasteiger partial charge in [0.15, 0.2) is 0 Å². The van der Waals surface area contributed by atoms with Crippen LogP contribution in [0.5, 0.6) is 5.75 Å². The molecule has 0 aromatic heterocycles. The van der Waals surface area contributed by atoms with Crippen molar-refractivity contribution in [3.8, 4) is 5.75 Å². The molecule has 0 amide bonds. The molecule has 64 valence electrons. The van der Waals surface area contributed by atoms with Crippen LogP contribution in [0.1, 0.15) is 11.6 Å². The quantitative estimate of drug-likeness (QED) is 0.766. The first-order valence-corrected chi connectivity index (χ1v) is 4.73. The third-order valence-electron chi connectivity index (χ3n) is 1.88. The molecule has 1 aromatic rings. The van der Waals surface area contributed by atoms with Gasteiger partial charge >= 0.3 is 0 Å². The molecular weight excluding hydrogens is 241 g/mol. The van der Waals surface area contributed by atoms with Crippen molar-refractivity contribution in [2.45, 2.75) is 6.04 Å². The summed E-state index contributed by atoms with van der Waals surface area (Å²) < 4.78 is 6.18. The van der Waals surface area contributed by atoms with Gasteiger partial charge in [0.1, 0.15) is 12.4 Å². The molecule has 1 aliphatic heterocycles. The minimum Gasteiger partial charge on any atom is -0.491 e. The zero-order valence-corrected chi connectivity index (χ0v) is 8.52. The summed E-state index contributed by atoms with van der Waals surface area (Å²) in [6, 6.07) is 3.64. The van der Waals surface area contributed by atoms with Crippen LogP contribution in [0.4, 0.5) is 0 Å². The first kappa shape index (κ1) is 8.35. The lowest BCUT2D eigenvalue weighted by molar-refractivity contribution is 0.333. The smallest absolute Gasteiger partial charge is 0.125 e. The van der Waals surface area contributed by atoms with Crippen LogP contribution < -0.4 is 10.5 Å². The number of rotatable bonds is 0. The van der Waals surface area contributed by atoms with Crippen LogP contribution >= 0.6 is 27.5 Å². The average molecular weight is 249 g/mol. The van der Waals surface area contributed by atoms with E-state index in [0.717, 1.165) is 15.8 Å². The van der Waals surface area contributed by atoms with Gasteiger partial charge in [0, 0.05) is 10.0 Å². The van der Waals surface area contributed by atoms with E-state index in [1.807, 2.05) is 12.1 Å². The van der Waals surface area contributed by atoms with E-state index in [0.29, 0.717) is 11.6 Å². The molecule has 0 saturated heterocycles. The summed E-state index contributed by atoms with van der Waals surface area (Å²) in [6.45, 7) is 0.519. The first-order chi connectivity index (χ1) is 5.70. The zero-order chi connectivity index (χ0) is 8.72. The maximum absolute atomic E-state index is 6.03. The van der Waals surface area contributed by atoms with E-state index in [-0.39, 0.29) is 6.04 Å². The number of fused-ring (bicyclic) bond motifs is 1. The molecule has 12 heavy (non-hydrogen) atoms. The molecule has 0 saturated carbocycles. The Bertz CT molecular complexity index is 329. The summed E-state index contributed by atoms with van der Waals surface area (Å²) >= 11 is 9.36. The third kappa shape index (κ3) is 1.13. The Morgan fingerprint density at radius 2 is 2.33 bits per heavy atom. The molecule has 0 spiro atoms. The topological polar surface area (TPSA) is 35.2 Å². The first-order valence-electron chi connectivity index (χ1n) is 3.56. The number of nitrogens with two attached hydrogens (primary N) is 1. The van der Waals surface area contributed by atoms with Crippen LogP contribution in [0.15, 0.2) is 16.6 Å². The van der Waals surface area contributed by atoms with Gasteiger partial charge in [-0.15, -0.1) is 0 Å². The second-order valence-corrected chi connectivity index (χ2v) is 3.92. The van der Waals surface area contributed by atoms with E-state index in [1.54, 1.807) is 0 Å². The Hall–Kier alpha value is -0.250. The van der Waals surface area contributed by atoms with Gasteiger partial charge in [-0.2, -0.15) is 0 Å². The zero-order valence-electron chi connectivity index (χ0n) is 6.18. The summed E-state index contributed by atoms with van der Waals surface area (Å²) in [5.74, 6) is 0.802. The van der Waals surface area contributed by atoms with Gasteiger partial charge in [0.2, 0.25) is 0 Å². The molecule has 0 aliphatic carbocycles. The second-order valence-electron chi connectivity index (χ2n) is 2.69. The Balaban J connectivity index is 2.63. The van der Waals surface area contributed by atoms with Crippen LogP contribution in [0, 0.1) is 0 Å². The van der Waals surface area contributed by atoms with Crippen molar-refractivity contribution in [2.24, 2.45) is 5.73 Å². The van der Waals surface area contributed by atoms with Crippen molar-refractivity contribution < 1.29 is 4.74 Å². The minimum absolute atomic E-state index is 0.0926. The number of hydrogen-bond acceptors (Lipinski definition) is 2. The predicted molar refractivity (Wildman–Crippen MR) is 51.6 cm³/mol. The van der Waals surface area contributed by atoms with Crippen LogP contribution in [0.2, 0.25) is 5.02 Å². The molecule has 4 heteroatoms. The van der Waals surface area contributed by atoms with Gasteiger partial charge in [0.05, 0.1) is 11.1 Å². The van der Waals surface area contributed by atoms with E-state index in [2.05, 4.69) is 15.9 Å². The highest BCUT2D eigenvalue weighted by Crippen LogP contribution is 2.40. The lowest BCUT2D eigenvalue weighted by atomic mass is 10.1. The normalized spacial score (nSPS) is 20.4. The molecule has 2 nitrogen and oxygen atoms in total. The van der Waals surface area contributed by atoms with Crippen molar-refractivity contribution in [3.63, 3.8) is 0 Å². The van der Waals surface area contributed by atoms with E-state index in [9.17, 15) is 0 Å². The molecular formula is C8H7BrClNO. The molecule has 0 fully saturated rings. The summed E-state index contributed by atoms with van der Waals surface area (Å²) in [5, 5.41) is 0.664. The van der Waals surface area contributed by atoms with Crippen molar-refractivity contribution >= 4 is 27.5 Å². The van der Waals surface area contributed by atoms with Crippen LogP contribution in [-0.2, 0) is 0 Å². The number of ether oxygens (including phenoxy) is 1. The second kappa shape index (κ2) is 2.91. The highest BCUT2D eigenvalue weighted by molar-refractivity contribution is 9.10. The van der Waals surface area contributed by atoms with Gasteiger partial charge in [-0.3, -0.25) is 0 Å².